The van der Waals surface area contributed by atoms with E-state index in [1.54, 1.807) is 0 Å². The molecule has 4 heteroatoms. The van der Waals surface area contributed by atoms with Crippen LogP contribution in [0.1, 0.15) is 19.7 Å². The van der Waals surface area contributed by atoms with Crippen LogP contribution < -0.4 is 5.32 Å². The zero-order valence-electron chi connectivity index (χ0n) is 8.87. The molecule has 0 aliphatic carbocycles. The maximum Gasteiger partial charge on any atom is 0.132 e. The molecule has 0 saturated heterocycles. The van der Waals surface area contributed by atoms with Gasteiger partial charge in [-0.05, 0) is 28.1 Å². The van der Waals surface area contributed by atoms with E-state index in [2.05, 4.69) is 50.5 Å². The van der Waals surface area contributed by atoms with Crippen LogP contribution in [0.2, 0.25) is 0 Å². The molecule has 0 aliphatic rings. The third-order valence-corrected chi connectivity index (χ3v) is 2.83. The molecule has 0 radical (unpaired) electrons. The number of pyridine rings is 1. The number of aromatic nitrogens is 2. The molecule has 0 aromatic carbocycles. The number of imidazole rings is 1. The van der Waals surface area contributed by atoms with Crippen molar-refractivity contribution in [3.63, 3.8) is 0 Å². The van der Waals surface area contributed by atoms with Gasteiger partial charge in [-0.1, -0.05) is 19.9 Å². The zero-order chi connectivity index (χ0) is 10.8. The molecular weight excluding hydrogens is 254 g/mol. The first kappa shape index (κ1) is 10.6. The first-order valence-electron chi connectivity index (χ1n) is 5.03. The number of hydrogen-bond acceptors (Lipinski definition) is 2. The van der Waals surface area contributed by atoms with Crippen LogP contribution in [0.4, 0.5) is 0 Å². The molecule has 0 amide bonds. The molecule has 0 unspecified atom stereocenters. The van der Waals surface area contributed by atoms with E-state index >= 15 is 0 Å². The van der Waals surface area contributed by atoms with Gasteiger partial charge in [-0.15, -0.1) is 0 Å². The Labute approximate surface area is 97.6 Å². The molecule has 0 bridgehead atoms. The predicted molar refractivity (Wildman–Crippen MR) is 64.9 cm³/mol. The smallest absolute Gasteiger partial charge is 0.132 e. The van der Waals surface area contributed by atoms with Gasteiger partial charge in [-0.25, -0.2) is 4.98 Å². The largest absolute Gasteiger partial charge is 0.308 e. The highest BCUT2D eigenvalue weighted by molar-refractivity contribution is 9.10. The van der Waals surface area contributed by atoms with E-state index in [9.17, 15) is 0 Å². The maximum atomic E-state index is 4.48. The van der Waals surface area contributed by atoms with E-state index in [1.807, 2.05) is 18.3 Å². The number of hydrogen-bond donors (Lipinski definition) is 1. The SMILES string of the molecule is CC(C)NCc1nc(Br)c2ccccn12. The molecule has 0 atom stereocenters. The minimum Gasteiger partial charge on any atom is -0.308 e. The second-order valence-corrected chi connectivity index (χ2v) is 4.56. The number of nitrogens with zero attached hydrogens (tertiary/aromatic N) is 2. The molecular formula is C11H14BrN3. The molecule has 2 heterocycles. The summed E-state index contributed by atoms with van der Waals surface area (Å²) in [5.74, 6) is 1.03. The van der Waals surface area contributed by atoms with Gasteiger partial charge < -0.3 is 9.72 Å². The monoisotopic (exact) mass is 267 g/mol. The van der Waals surface area contributed by atoms with Crippen LogP contribution in [0, 0.1) is 0 Å². The van der Waals surface area contributed by atoms with Crippen molar-refractivity contribution in [2.45, 2.75) is 26.4 Å². The molecule has 2 rings (SSSR count). The van der Waals surface area contributed by atoms with Gasteiger partial charge in [0.05, 0.1) is 12.1 Å². The summed E-state index contributed by atoms with van der Waals surface area (Å²) >= 11 is 3.47. The third-order valence-electron chi connectivity index (χ3n) is 2.24. The fourth-order valence-electron chi connectivity index (χ4n) is 1.48. The van der Waals surface area contributed by atoms with Crippen molar-refractivity contribution in [1.29, 1.82) is 0 Å². The molecule has 80 valence electrons. The van der Waals surface area contributed by atoms with E-state index in [4.69, 9.17) is 0 Å². The minimum absolute atomic E-state index is 0.472. The molecule has 0 spiro atoms. The van der Waals surface area contributed by atoms with Crippen LogP contribution in [0.25, 0.3) is 5.52 Å². The lowest BCUT2D eigenvalue weighted by molar-refractivity contribution is 0.571. The third kappa shape index (κ3) is 2.21. The second-order valence-electron chi connectivity index (χ2n) is 3.81. The fourth-order valence-corrected chi connectivity index (χ4v) is 2.01. The highest BCUT2D eigenvalue weighted by Gasteiger charge is 2.07. The number of halogens is 1. The average Bonchev–Trinajstić information content (AvgIpc) is 2.54. The first-order chi connectivity index (χ1) is 7.18. The molecule has 0 aliphatic heterocycles. The summed E-state index contributed by atoms with van der Waals surface area (Å²) in [5.41, 5.74) is 1.11. The first-order valence-corrected chi connectivity index (χ1v) is 5.82. The van der Waals surface area contributed by atoms with Gasteiger partial charge in [0.15, 0.2) is 0 Å². The Morgan fingerprint density at radius 3 is 3.00 bits per heavy atom. The summed E-state index contributed by atoms with van der Waals surface area (Å²) < 4.78 is 3.00. The average molecular weight is 268 g/mol. The van der Waals surface area contributed by atoms with Crippen LogP contribution >= 0.6 is 15.9 Å². The molecule has 3 nitrogen and oxygen atoms in total. The van der Waals surface area contributed by atoms with Gasteiger partial charge >= 0.3 is 0 Å². The molecule has 1 N–H and O–H groups in total. The lowest BCUT2D eigenvalue weighted by Gasteiger charge is -2.06. The summed E-state index contributed by atoms with van der Waals surface area (Å²) in [6, 6.07) is 6.55. The van der Waals surface area contributed by atoms with Gasteiger partial charge in [-0.3, -0.25) is 0 Å². The van der Waals surface area contributed by atoms with Gasteiger partial charge in [0, 0.05) is 12.2 Å². The standard InChI is InChI=1S/C11H14BrN3/c1-8(2)13-7-10-14-11(12)9-5-3-4-6-15(9)10/h3-6,8,13H,7H2,1-2H3. The summed E-state index contributed by atoms with van der Waals surface area (Å²) in [7, 11) is 0. The van der Waals surface area contributed by atoms with Crippen LogP contribution in [0.3, 0.4) is 0 Å². The summed E-state index contributed by atoms with van der Waals surface area (Å²) in [5, 5.41) is 3.36. The van der Waals surface area contributed by atoms with Crippen molar-refractivity contribution in [2.24, 2.45) is 0 Å². The van der Waals surface area contributed by atoms with Crippen molar-refractivity contribution in [2.75, 3.05) is 0 Å². The van der Waals surface area contributed by atoms with E-state index in [-0.39, 0.29) is 0 Å². The van der Waals surface area contributed by atoms with Crippen molar-refractivity contribution < 1.29 is 0 Å². The van der Waals surface area contributed by atoms with Crippen LogP contribution in [0.5, 0.6) is 0 Å². The van der Waals surface area contributed by atoms with Crippen LogP contribution in [0.15, 0.2) is 29.0 Å². The van der Waals surface area contributed by atoms with Crippen molar-refractivity contribution >= 4 is 21.4 Å². The number of fused-ring (bicyclic) bond motifs is 1. The quantitative estimate of drug-likeness (QED) is 0.927. The Hall–Kier alpha value is -0.870. The summed E-state index contributed by atoms with van der Waals surface area (Å²) in [6.45, 7) is 5.05. The Morgan fingerprint density at radius 1 is 1.47 bits per heavy atom. The lowest BCUT2D eigenvalue weighted by atomic mass is 10.4. The van der Waals surface area contributed by atoms with Crippen molar-refractivity contribution in [1.82, 2.24) is 14.7 Å². The normalized spacial score (nSPS) is 11.5. The lowest BCUT2D eigenvalue weighted by Crippen LogP contribution is -2.23. The van der Waals surface area contributed by atoms with Gasteiger partial charge in [0.25, 0.3) is 0 Å². The van der Waals surface area contributed by atoms with Crippen molar-refractivity contribution in [3.8, 4) is 0 Å². The van der Waals surface area contributed by atoms with Crippen molar-refractivity contribution in [3.05, 3.63) is 34.8 Å². The molecule has 2 aromatic heterocycles. The van der Waals surface area contributed by atoms with Gasteiger partial charge in [-0.2, -0.15) is 0 Å². The maximum absolute atomic E-state index is 4.48. The molecule has 0 saturated carbocycles. The number of nitrogens with one attached hydrogen (secondary N) is 1. The van der Waals surface area contributed by atoms with E-state index in [1.165, 1.54) is 0 Å². The molecule has 2 aromatic rings. The highest BCUT2D eigenvalue weighted by Crippen LogP contribution is 2.18. The predicted octanol–water partition coefficient (Wildman–Crippen LogP) is 2.59. The number of rotatable bonds is 3. The topological polar surface area (TPSA) is 29.3 Å². The van der Waals surface area contributed by atoms with E-state index in [0.717, 1.165) is 22.5 Å². The van der Waals surface area contributed by atoms with Gasteiger partial charge in [0.1, 0.15) is 10.4 Å². The Balaban J connectivity index is 2.35. The van der Waals surface area contributed by atoms with E-state index in [0.29, 0.717) is 6.04 Å². The van der Waals surface area contributed by atoms with E-state index < -0.39 is 0 Å². The molecule has 0 fully saturated rings. The second kappa shape index (κ2) is 4.33. The summed E-state index contributed by atoms with van der Waals surface area (Å²) in [6.07, 6.45) is 2.03. The Morgan fingerprint density at radius 2 is 2.27 bits per heavy atom. The highest BCUT2D eigenvalue weighted by atomic mass is 79.9. The zero-order valence-corrected chi connectivity index (χ0v) is 10.5. The fraction of sp³-hybridized carbons (Fsp3) is 0.364. The summed E-state index contributed by atoms with van der Waals surface area (Å²) in [4.78, 5) is 4.48. The Bertz CT molecular complexity index is 462. The minimum atomic E-state index is 0.472. The molecule has 15 heavy (non-hydrogen) atoms. The van der Waals surface area contributed by atoms with Crippen LogP contribution in [-0.4, -0.2) is 15.4 Å². The van der Waals surface area contributed by atoms with Crippen LogP contribution in [-0.2, 0) is 6.54 Å². The Kier molecular flexibility index (Phi) is 3.07. The van der Waals surface area contributed by atoms with Gasteiger partial charge in [0.2, 0.25) is 0 Å².